The largest absolute Gasteiger partial charge is 0.348 e. The van der Waals surface area contributed by atoms with Crippen molar-refractivity contribution in [1.82, 2.24) is 5.32 Å². The van der Waals surface area contributed by atoms with E-state index in [1.165, 1.54) is 12.1 Å². The number of carbonyl (C=O) groups excluding carboxylic acids is 1. The molecule has 1 aromatic rings. The Labute approximate surface area is 108 Å². The molecule has 0 aliphatic carbocycles. The first-order chi connectivity index (χ1) is 8.54. The molecule has 3 N–H and O–H groups in total. The molecule has 3 nitrogen and oxygen atoms in total. The van der Waals surface area contributed by atoms with Crippen LogP contribution in [0.3, 0.4) is 0 Å². The highest BCUT2D eigenvalue weighted by atomic mass is 19.1. The number of carbonyl (C=O) groups is 1. The monoisotopic (exact) mass is 252 g/mol. The molecule has 1 amide bonds. The van der Waals surface area contributed by atoms with Gasteiger partial charge in [0, 0.05) is 0 Å². The molecule has 1 aromatic carbocycles. The van der Waals surface area contributed by atoms with E-state index >= 15 is 0 Å². The van der Waals surface area contributed by atoms with E-state index < -0.39 is 6.04 Å². The van der Waals surface area contributed by atoms with Gasteiger partial charge in [-0.15, -0.1) is 0 Å². The van der Waals surface area contributed by atoms with Crippen LogP contribution in [-0.4, -0.2) is 11.9 Å². The molecule has 0 heterocycles. The maximum absolute atomic E-state index is 13.1. The minimum atomic E-state index is -0.485. The van der Waals surface area contributed by atoms with Crippen LogP contribution in [0.1, 0.15) is 44.7 Å². The fourth-order valence-corrected chi connectivity index (χ4v) is 1.73. The lowest BCUT2D eigenvalue weighted by Gasteiger charge is -2.17. The molecule has 2 atom stereocenters. The molecule has 1 unspecified atom stereocenters. The molecule has 0 saturated heterocycles. The van der Waals surface area contributed by atoms with Gasteiger partial charge in [-0.25, -0.2) is 4.39 Å². The summed E-state index contributed by atoms with van der Waals surface area (Å²) in [6.07, 6.45) is 2.63. The van der Waals surface area contributed by atoms with E-state index in [-0.39, 0.29) is 17.8 Å². The van der Waals surface area contributed by atoms with Crippen molar-refractivity contribution in [2.75, 3.05) is 0 Å². The number of unbranched alkanes of at least 4 members (excludes halogenated alkanes) is 1. The second-order valence-corrected chi connectivity index (χ2v) is 4.53. The van der Waals surface area contributed by atoms with Crippen molar-refractivity contribution in [1.29, 1.82) is 0 Å². The van der Waals surface area contributed by atoms with Crippen LogP contribution in [0, 0.1) is 5.82 Å². The molecule has 0 aliphatic heterocycles. The van der Waals surface area contributed by atoms with Gasteiger partial charge in [0.2, 0.25) is 5.91 Å². The van der Waals surface area contributed by atoms with Crippen LogP contribution in [0.5, 0.6) is 0 Å². The fraction of sp³-hybridized carbons (Fsp3) is 0.500. The van der Waals surface area contributed by atoms with Gasteiger partial charge in [-0.1, -0.05) is 31.9 Å². The Morgan fingerprint density at radius 1 is 1.50 bits per heavy atom. The van der Waals surface area contributed by atoms with E-state index in [2.05, 4.69) is 12.2 Å². The molecular weight excluding hydrogens is 231 g/mol. The second kappa shape index (κ2) is 7.11. The molecule has 0 bridgehead atoms. The number of rotatable bonds is 6. The third-order valence-corrected chi connectivity index (χ3v) is 2.91. The molecule has 18 heavy (non-hydrogen) atoms. The minimum absolute atomic E-state index is 0.180. The molecule has 0 saturated carbocycles. The summed E-state index contributed by atoms with van der Waals surface area (Å²) < 4.78 is 13.1. The van der Waals surface area contributed by atoms with Crippen molar-refractivity contribution < 1.29 is 9.18 Å². The van der Waals surface area contributed by atoms with Crippen LogP contribution in [-0.2, 0) is 4.79 Å². The van der Waals surface area contributed by atoms with Gasteiger partial charge in [-0.2, -0.15) is 0 Å². The van der Waals surface area contributed by atoms with E-state index in [1.807, 2.05) is 6.92 Å². The molecule has 0 fully saturated rings. The van der Waals surface area contributed by atoms with Gasteiger partial charge in [-0.05, 0) is 31.0 Å². The van der Waals surface area contributed by atoms with Gasteiger partial charge in [0.05, 0.1) is 12.1 Å². The molecular formula is C14H21FN2O. The summed E-state index contributed by atoms with van der Waals surface area (Å²) in [6.45, 7) is 3.87. The molecule has 0 radical (unpaired) electrons. The maximum atomic E-state index is 13.1. The van der Waals surface area contributed by atoms with Gasteiger partial charge < -0.3 is 11.1 Å². The third kappa shape index (κ3) is 4.45. The van der Waals surface area contributed by atoms with Gasteiger partial charge in [0.25, 0.3) is 0 Å². The molecule has 4 heteroatoms. The first-order valence-electron chi connectivity index (χ1n) is 6.36. The topological polar surface area (TPSA) is 55.1 Å². The smallest absolute Gasteiger partial charge is 0.237 e. The Morgan fingerprint density at radius 3 is 2.83 bits per heavy atom. The number of halogens is 1. The number of nitrogens with two attached hydrogens (primary N) is 1. The average Bonchev–Trinajstić information content (AvgIpc) is 2.35. The second-order valence-electron chi connectivity index (χ2n) is 4.53. The number of nitrogens with one attached hydrogen (secondary N) is 1. The van der Waals surface area contributed by atoms with E-state index in [4.69, 9.17) is 5.73 Å². The highest BCUT2D eigenvalue weighted by molar-refractivity contribution is 5.81. The van der Waals surface area contributed by atoms with Crippen molar-refractivity contribution in [2.45, 2.75) is 45.2 Å². The predicted octanol–water partition coefficient (Wildman–Crippen LogP) is 2.52. The Morgan fingerprint density at radius 2 is 2.22 bits per heavy atom. The van der Waals surface area contributed by atoms with Gasteiger partial charge in [0.1, 0.15) is 5.82 Å². The molecule has 0 aromatic heterocycles. The molecule has 100 valence electrons. The minimum Gasteiger partial charge on any atom is -0.348 e. The summed E-state index contributed by atoms with van der Waals surface area (Å²) in [6, 6.07) is 5.49. The van der Waals surface area contributed by atoms with Crippen molar-refractivity contribution in [3.8, 4) is 0 Å². The lowest BCUT2D eigenvalue weighted by molar-refractivity contribution is -0.123. The Kier molecular flexibility index (Phi) is 5.78. The van der Waals surface area contributed by atoms with Crippen molar-refractivity contribution in [3.05, 3.63) is 35.6 Å². The van der Waals surface area contributed by atoms with Crippen LogP contribution in [0.15, 0.2) is 24.3 Å². The quantitative estimate of drug-likeness (QED) is 0.817. The SMILES string of the molecule is CCCCC(N)C(=O)N[C@@H](C)c1cccc(F)c1. The summed E-state index contributed by atoms with van der Waals surface area (Å²) in [7, 11) is 0. The average molecular weight is 252 g/mol. The predicted molar refractivity (Wildman–Crippen MR) is 70.5 cm³/mol. The molecule has 0 spiro atoms. The normalized spacial score (nSPS) is 14.0. The Hall–Kier alpha value is -1.42. The lowest BCUT2D eigenvalue weighted by Crippen LogP contribution is -2.41. The van der Waals surface area contributed by atoms with Crippen molar-refractivity contribution in [3.63, 3.8) is 0 Å². The standard InChI is InChI=1S/C14H21FN2O/c1-3-4-8-13(16)14(18)17-10(2)11-6-5-7-12(15)9-11/h5-7,9-10,13H,3-4,8,16H2,1-2H3,(H,17,18)/t10-,13?/m0/s1. The van der Waals surface area contributed by atoms with Crippen LogP contribution in [0.25, 0.3) is 0 Å². The van der Waals surface area contributed by atoms with Gasteiger partial charge in [0.15, 0.2) is 0 Å². The molecule has 1 rings (SSSR count). The Bertz CT molecular complexity index is 395. The van der Waals surface area contributed by atoms with Crippen LogP contribution in [0.4, 0.5) is 4.39 Å². The zero-order valence-electron chi connectivity index (χ0n) is 10.9. The van der Waals surface area contributed by atoms with E-state index in [1.54, 1.807) is 12.1 Å². The summed E-state index contributed by atoms with van der Waals surface area (Å²) in [5.41, 5.74) is 6.52. The van der Waals surface area contributed by atoms with Crippen molar-refractivity contribution >= 4 is 5.91 Å². The summed E-state index contributed by atoms with van der Waals surface area (Å²) in [5.74, 6) is -0.482. The van der Waals surface area contributed by atoms with Gasteiger partial charge >= 0.3 is 0 Å². The highest BCUT2D eigenvalue weighted by Gasteiger charge is 2.16. The van der Waals surface area contributed by atoms with E-state index in [9.17, 15) is 9.18 Å². The van der Waals surface area contributed by atoms with E-state index in [0.29, 0.717) is 6.42 Å². The summed E-state index contributed by atoms with van der Waals surface area (Å²) >= 11 is 0. The number of hydrogen-bond acceptors (Lipinski definition) is 2. The lowest BCUT2D eigenvalue weighted by atomic mass is 10.1. The summed E-state index contributed by atoms with van der Waals surface area (Å²) in [5, 5.41) is 2.80. The Balaban J connectivity index is 2.54. The number of hydrogen-bond donors (Lipinski definition) is 2. The zero-order chi connectivity index (χ0) is 13.5. The van der Waals surface area contributed by atoms with E-state index in [0.717, 1.165) is 18.4 Å². The third-order valence-electron chi connectivity index (χ3n) is 2.91. The fourth-order valence-electron chi connectivity index (χ4n) is 1.73. The van der Waals surface area contributed by atoms with Gasteiger partial charge in [-0.3, -0.25) is 4.79 Å². The molecule has 0 aliphatic rings. The van der Waals surface area contributed by atoms with Crippen LogP contribution in [0.2, 0.25) is 0 Å². The number of amides is 1. The summed E-state index contributed by atoms with van der Waals surface area (Å²) in [4.78, 5) is 11.8. The first kappa shape index (κ1) is 14.6. The number of benzene rings is 1. The first-order valence-corrected chi connectivity index (χ1v) is 6.36. The van der Waals surface area contributed by atoms with Crippen molar-refractivity contribution in [2.24, 2.45) is 5.73 Å². The van der Waals surface area contributed by atoms with Crippen LogP contribution >= 0.6 is 0 Å². The zero-order valence-corrected chi connectivity index (χ0v) is 10.9. The highest BCUT2D eigenvalue weighted by Crippen LogP contribution is 2.13. The van der Waals surface area contributed by atoms with Crippen LogP contribution < -0.4 is 11.1 Å². The maximum Gasteiger partial charge on any atom is 0.237 e.